The van der Waals surface area contributed by atoms with Crippen LogP contribution in [0.4, 0.5) is 5.69 Å². The summed E-state index contributed by atoms with van der Waals surface area (Å²) < 4.78 is 34.8. The first-order valence-electron chi connectivity index (χ1n) is 13.0. The van der Waals surface area contributed by atoms with Crippen LogP contribution in [0.2, 0.25) is 0 Å². The number of carbonyl (C=O) groups excluding carboxylic acids is 2. The Kier molecular flexibility index (Phi) is 7.70. The molecule has 1 heterocycles. The molecular formula is C30H31N3O5S. The van der Waals surface area contributed by atoms with Crippen molar-refractivity contribution in [3.8, 4) is 5.75 Å². The van der Waals surface area contributed by atoms with Crippen LogP contribution >= 0.6 is 0 Å². The smallest absolute Gasteiger partial charge is 0.265 e. The number of ether oxygens (including phenoxy) is 1. The molecule has 0 aliphatic heterocycles. The molecule has 1 fully saturated rings. The minimum Gasteiger partial charge on any atom is -0.496 e. The van der Waals surface area contributed by atoms with Gasteiger partial charge in [-0.1, -0.05) is 43.2 Å². The number of anilines is 1. The Labute approximate surface area is 228 Å². The summed E-state index contributed by atoms with van der Waals surface area (Å²) in [6, 6.07) is 20.5. The Hall–Kier alpha value is -4.11. The van der Waals surface area contributed by atoms with Crippen LogP contribution in [0.1, 0.15) is 48.0 Å². The van der Waals surface area contributed by atoms with Gasteiger partial charge in [-0.05, 0) is 66.6 Å². The summed E-state index contributed by atoms with van der Waals surface area (Å²) in [7, 11) is -2.49. The van der Waals surface area contributed by atoms with Crippen molar-refractivity contribution in [1.82, 2.24) is 9.29 Å². The van der Waals surface area contributed by atoms with E-state index >= 15 is 0 Å². The summed E-state index contributed by atoms with van der Waals surface area (Å²) in [4.78, 5) is 25.3. The fourth-order valence-corrected chi connectivity index (χ4v) is 6.12. The molecule has 1 aliphatic rings. The molecule has 4 aromatic rings. The molecule has 0 radical (unpaired) electrons. The molecule has 202 valence electrons. The minimum atomic E-state index is -4.00. The first-order chi connectivity index (χ1) is 18.8. The standard InChI is InChI=1S/C30H31N3O5S/c1-38-28-18-23(30(35)32-39(36,37)26-9-3-2-4-10-26)11-12-24(28)20-33-16-15-22-13-14-25(19-27(22)33)31-29(34)17-21-7-5-6-8-21/h2-4,9-16,18-19,21H,5-8,17,20H2,1H3,(H,31,34)(H,32,35). The van der Waals surface area contributed by atoms with E-state index in [2.05, 4.69) is 10.0 Å². The molecule has 1 aromatic heterocycles. The van der Waals surface area contributed by atoms with E-state index in [1.807, 2.05) is 35.0 Å². The van der Waals surface area contributed by atoms with Gasteiger partial charge >= 0.3 is 0 Å². The summed E-state index contributed by atoms with van der Waals surface area (Å²) in [6.07, 6.45) is 7.18. The molecule has 1 saturated carbocycles. The molecule has 0 unspecified atom stereocenters. The summed E-state index contributed by atoms with van der Waals surface area (Å²) in [5.41, 5.74) is 2.68. The third-order valence-electron chi connectivity index (χ3n) is 7.18. The minimum absolute atomic E-state index is 0.00974. The topological polar surface area (TPSA) is 106 Å². The average Bonchev–Trinajstić information content (AvgIpc) is 3.59. The monoisotopic (exact) mass is 545 g/mol. The van der Waals surface area contributed by atoms with E-state index < -0.39 is 15.9 Å². The van der Waals surface area contributed by atoms with Crippen LogP contribution < -0.4 is 14.8 Å². The molecular weight excluding hydrogens is 514 g/mol. The highest BCUT2D eigenvalue weighted by molar-refractivity contribution is 7.90. The Bertz CT molecular complexity index is 1610. The normalized spacial score (nSPS) is 13.9. The Morgan fingerprint density at radius 1 is 0.974 bits per heavy atom. The fraction of sp³-hybridized carbons (Fsp3) is 0.267. The highest BCUT2D eigenvalue weighted by Crippen LogP contribution is 2.29. The van der Waals surface area contributed by atoms with Gasteiger partial charge in [0.15, 0.2) is 0 Å². The first-order valence-corrected chi connectivity index (χ1v) is 14.5. The van der Waals surface area contributed by atoms with Gasteiger partial charge in [0.2, 0.25) is 5.91 Å². The number of methoxy groups -OCH3 is 1. The van der Waals surface area contributed by atoms with E-state index in [-0.39, 0.29) is 16.4 Å². The van der Waals surface area contributed by atoms with Gasteiger partial charge in [0, 0.05) is 29.4 Å². The lowest BCUT2D eigenvalue weighted by atomic mass is 10.0. The van der Waals surface area contributed by atoms with Gasteiger partial charge in [0.25, 0.3) is 15.9 Å². The molecule has 3 aromatic carbocycles. The third-order valence-corrected chi connectivity index (χ3v) is 8.52. The zero-order valence-corrected chi connectivity index (χ0v) is 22.5. The molecule has 0 atom stereocenters. The predicted molar refractivity (Wildman–Crippen MR) is 150 cm³/mol. The van der Waals surface area contributed by atoms with E-state index in [1.54, 1.807) is 30.3 Å². The maximum Gasteiger partial charge on any atom is 0.265 e. The van der Waals surface area contributed by atoms with Gasteiger partial charge in [-0.25, -0.2) is 13.1 Å². The van der Waals surface area contributed by atoms with Crippen molar-refractivity contribution in [2.45, 2.75) is 43.5 Å². The maximum atomic E-state index is 12.8. The quantitative estimate of drug-likeness (QED) is 0.296. The predicted octanol–water partition coefficient (Wildman–Crippen LogP) is 5.34. The fourth-order valence-electron chi connectivity index (χ4n) is 5.13. The Balaban J connectivity index is 1.32. The van der Waals surface area contributed by atoms with Crippen LogP contribution in [0.25, 0.3) is 10.9 Å². The zero-order valence-electron chi connectivity index (χ0n) is 21.7. The number of aromatic nitrogens is 1. The number of fused-ring (bicyclic) bond motifs is 1. The van der Waals surface area contributed by atoms with Gasteiger partial charge in [-0.2, -0.15) is 0 Å². The lowest BCUT2D eigenvalue weighted by Gasteiger charge is -2.14. The number of sulfonamides is 1. The SMILES string of the molecule is COc1cc(C(=O)NS(=O)(=O)c2ccccc2)ccc1Cn1ccc2ccc(NC(=O)CC3CCCC3)cc21. The van der Waals surface area contributed by atoms with Crippen LogP contribution in [-0.4, -0.2) is 31.9 Å². The summed E-state index contributed by atoms with van der Waals surface area (Å²) in [6.45, 7) is 0.455. The van der Waals surface area contributed by atoms with Crippen LogP contribution in [0.15, 0.2) is 83.9 Å². The Morgan fingerprint density at radius 3 is 2.49 bits per heavy atom. The van der Waals surface area contributed by atoms with Crippen molar-refractivity contribution in [3.63, 3.8) is 0 Å². The second kappa shape index (κ2) is 11.3. The molecule has 2 amide bonds. The number of carbonyl (C=O) groups is 2. The van der Waals surface area contributed by atoms with E-state index in [9.17, 15) is 18.0 Å². The second-order valence-corrected chi connectivity index (χ2v) is 11.6. The lowest BCUT2D eigenvalue weighted by molar-refractivity contribution is -0.117. The largest absolute Gasteiger partial charge is 0.496 e. The van der Waals surface area contributed by atoms with Crippen molar-refractivity contribution in [1.29, 1.82) is 0 Å². The number of nitrogens with one attached hydrogen (secondary N) is 2. The van der Waals surface area contributed by atoms with Crippen molar-refractivity contribution in [2.24, 2.45) is 5.92 Å². The van der Waals surface area contributed by atoms with E-state index in [4.69, 9.17) is 4.74 Å². The molecule has 1 aliphatic carbocycles. The molecule has 8 nitrogen and oxygen atoms in total. The molecule has 0 saturated heterocycles. The summed E-state index contributed by atoms with van der Waals surface area (Å²) in [5, 5.41) is 4.08. The maximum absolute atomic E-state index is 12.8. The van der Waals surface area contributed by atoms with E-state index in [0.29, 0.717) is 24.6 Å². The summed E-state index contributed by atoms with van der Waals surface area (Å²) >= 11 is 0. The van der Waals surface area contributed by atoms with Gasteiger partial charge in [-0.15, -0.1) is 0 Å². The molecule has 9 heteroatoms. The molecule has 39 heavy (non-hydrogen) atoms. The average molecular weight is 546 g/mol. The highest BCUT2D eigenvalue weighted by atomic mass is 32.2. The number of amides is 2. The highest BCUT2D eigenvalue weighted by Gasteiger charge is 2.20. The summed E-state index contributed by atoms with van der Waals surface area (Å²) in [5.74, 6) is 0.244. The van der Waals surface area contributed by atoms with Crippen LogP contribution in [0.5, 0.6) is 5.75 Å². The van der Waals surface area contributed by atoms with Gasteiger partial charge in [0.05, 0.1) is 24.1 Å². The van der Waals surface area contributed by atoms with E-state index in [0.717, 1.165) is 35.0 Å². The van der Waals surface area contributed by atoms with Gasteiger partial charge in [0.1, 0.15) is 5.75 Å². The van der Waals surface area contributed by atoms with E-state index in [1.165, 1.54) is 38.2 Å². The first kappa shape index (κ1) is 26.5. The van der Waals surface area contributed by atoms with Crippen molar-refractivity contribution in [2.75, 3.05) is 12.4 Å². The van der Waals surface area contributed by atoms with Crippen LogP contribution in [0, 0.1) is 5.92 Å². The van der Waals surface area contributed by atoms with Crippen LogP contribution in [0.3, 0.4) is 0 Å². The number of hydrogen-bond donors (Lipinski definition) is 2. The number of hydrogen-bond acceptors (Lipinski definition) is 5. The van der Waals surface area contributed by atoms with Crippen molar-refractivity contribution in [3.05, 3.63) is 90.1 Å². The third kappa shape index (κ3) is 6.15. The number of rotatable bonds is 9. The number of nitrogens with zero attached hydrogens (tertiary/aromatic N) is 1. The zero-order chi connectivity index (χ0) is 27.4. The van der Waals surface area contributed by atoms with Crippen molar-refractivity contribution < 1.29 is 22.7 Å². The molecule has 2 N–H and O–H groups in total. The van der Waals surface area contributed by atoms with Crippen molar-refractivity contribution >= 4 is 38.4 Å². The second-order valence-electron chi connectivity index (χ2n) is 9.89. The lowest BCUT2D eigenvalue weighted by Crippen LogP contribution is -2.30. The number of benzene rings is 3. The van der Waals surface area contributed by atoms with Gasteiger partial charge in [-0.3, -0.25) is 9.59 Å². The van der Waals surface area contributed by atoms with Crippen LogP contribution in [-0.2, 0) is 21.4 Å². The van der Waals surface area contributed by atoms with Gasteiger partial charge < -0.3 is 14.6 Å². The molecule has 0 bridgehead atoms. The molecule has 0 spiro atoms. The molecule has 5 rings (SSSR count). The Morgan fingerprint density at radius 2 is 1.74 bits per heavy atom.